The summed E-state index contributed by atoms with van der Waals surface area (Å²) in [5.41, 5.74) is 0.165. The van der Waals surface area contributed by atoms with Gasteiger partial charge in [0.15, 0.2) is 5.96 Å². The molecular weight excluding hydrogens is 385 g/mol. The summed E-state index contributed by atoms with van der Waals surface area (Å²) >= 11 is 0. The fourth-order valence-corrected chi connectivity index (χ4v) is 3.24. The van der Waals surface area contributed by atoms with E-state index in [9.17, 15) is 13.2 Å². The standard InChI is InChI=1S/C20H31F3N4O2/c1-4-24-19(26-15(2)14-28-3)25-13-18(27-9-11-29-12-10-27)16-5-7-17(8-6-16)20(21,22)23/h5-8,15,18H,4,9-14H2,1-3H3,(H2,24,25,26). The van der Waals surface area contributed by atoms with Crippen LogP contribution in [-0.4, -0.2) is 70.0 Å². The summed E-state index contributed by atoms with van der Waals surface area (Å²) in [5.74, 6) is 0.655. The molecule has 2 atom stereocenters. The fourth-order valence-electron chi connectivity index (χ4n) is 3.24. The summed E-state index contributed by atoms with van der Waals surface area (Å²) in [5, 5.41) is 6.48. The van der Waals surface area contributed by atoms with Gasteiger partial charge in [0, 0.05) is 32.8 Å². The van der Waals surface area contributed by atoms with Crippen molar-refractivity contribution in [2.45, 2.75) is 32.1 Å². The molecule has 2 N–H and O–H groups in total. The lowest BCUT2D eigenvalue weighted by Crippen LogP contribution is -2.45. The van der Waals surface area contributed by atoms with E-state index in [2.05, 4.69) is 15.5 Å². The minimum atomic E-state index is -4.34. The Balaban J connectivity index is 2.20. The normalized spacial score (nSPS) is 18.3. The number of nitrogens with one attached hydrogen (secondary N) is 2. The van der Waals surface area contributed by atoms with E-state index in [4.69, 9.17) is 14.5 Å². The molecule has 1 aliphatic heterocycles. The van der Waals surface area contributed by atoms with Gasteiger partial charge in [0.2, 0.25) is 0 Å². The number of hydrogen-bond donors (Lipinski definition) is 2. The molecule has 0 aliphatic carbocycles. The smallest absolute Gasteiger partial charge is 0.383 e. The number of rotatable bonds is 8. The minimum Gasteiger partial charge on any atom is -0.383 e. The SMILES string of the molecule is CCNC(=NCC(c1ccc(C(F)(F)F)cc1)N1CCOCC1)NC(C)COC. The molecule has 6 nitrogen and oxygen atoms in total. The monoisotopic (exact) mass is 416 g/mol. The third kappa shape index (κ3) is 7.49. The molecule has 1 aromatic rings. The van der Waals surface area contributed by atoms with Crippen molar-refractivity contribution < 1.29 is 22.6 Å². The molecule has 1 aromatic carbocycles. The summed E-state index contributed by atoms with van der Waals surface area (Å²) in [7, 11) is 1.64. The first-order valence-electron chi connectivity index (χ1n) is 9.87. The van der Waals surface area contributed by atoms with E-state index in [0.29, 0.717) is 52.0 Å². The molecule has 0 bridgehead atoms. The zero-order chi connectivity index (χ0) is 21.3. The Morgan fingerprint density at radius 1 is 1.24 bits per heavy atom. The Morgan fingerprint density at radius 3 is 2.45 bits per heavy atom. The zero-order valence-electron chi connectivity index (χ0n) is 17.3. The van der Waals surface area contributed by atoms with Crippen LogP contribution in [0.15, 0.2) is 29.3 Å². The number of hydrogen-bond acceptors (Lipinski definition) is 4. The minimum absolute atomic E-state index is 0.0747. The lowest BCUT2D eigenvalue weighted by Gasteiger charge is -2.34. The highest BCUT2D eigenvalue weighted by Gasteiger charge is 2.31. The molecule has 0 saturated carbocycles. The topological polar surface area (TPSA) is 58.1 Å². The molecule has 164 valence electrons. The summed E-state index contributed by atoms with van der Waals surface area (Å²) < 4.78 is 49.3. The number of guanidine groups is 1. The molecule has 0 aromatic heterocycles. The second-order valence-electron chi connectivity index (χ2n) is 7.00. The maximum atomic E-state index is 12.9. The Bertz CT molecular complexity index is 632. The maximum Gasteiger partial charge on any atom is 0.416 e. The van der Waals surface area contributed by atoms with Gasteiger partial charge in [-0.2, -0.15) is 13.2 Å². The van der Waals surface area contributed by atoms with Crippen LogP contribution in [0.25, 0.3) is 0 Å². The highest BCUT2D eigenvalue weighted by atomic mass is 19.4. The molecule has 0 spiro atoms. The summed E-state index contributed by atoms with van der Waals surface area (Å²) in [4.78, 5) is 6.90. The number of ether oxygens (including phenoxy) is 2. The van der Waals surface area contributed by atoms with E-state index in [1.807, 2.05) is 13.8 Å². The first kappa shape index (κ1) is 23.4. The number of aliphatic imine (C=N–C) groups is 1. The van der Waals surface area contributed by atoms with E-state index >= 15 is 0 Å². The van der Waals surface area contributed by atoms with Crippen LogP contribution in [-0.2, 0) is 15.7 Å². The van der Waals surface area contributed by atoms with Gasteiger partial charge >= 0.3 is 6.18 Å². The van der Waals surface area contributed by atoms with Gasteiger partial charge in [-0.05, 0) is 31.5 Å². The van der Waals surface area contributed by atoms with Crippen LogP contribution in [0, 0.1) is 0 Å². The van der Waals surface area contributed by atoms with Crippen molar-refractivity contribution in [2.24, 2.45) is 4.99 Å². The predicted octanol–water partition coefficient (Wildman–Crippen LogP) is 2.67. The van der Waals surface area contributed by atoms with Crippen LogP contribution in [0.2, 0.25) is 0 Å². The maximum absolute atomic E-state index is 12.9. The van der Waals surface area contributed by atoms with Crippen LogP contribution in [0.1, 0.15) is 31.0 Å². The molecule has 9 heteroatoms. The van der Waals surface area contributed by atoms with Crippen LogP contribution in [0.3, 0.4) is 0 Å². The van der Waals surface area contributed by atoms with Crippen molar-refractivity contribution in [3.63, 3.8) is 0 Å². The molecule has 1 aliphatic rings. The average Bonchev–Trinajstić information content (AvgIpc) is 2.69. The van der Waals surface area contributed by atoms with Gasteiger partial charge in [-0.1, -0.05) is 12.1 Å². The van der Waals surface area contributed by atoms with Gasteiger partial charge in [0.05, 0.1) is 38.0 Å². The molecule has 1 heterocycles. The summed E-state index contributed by atoms with van der Waals surface area (Å²) in [6.45, 7) is 8.26. The molecular formula is C20H31F3N4O2. The summed E-state index contributed by atoms with van der Waals surface area (Å²) in [6.07, 6.45) is -4.34. The van der Waals surface area contributed by atoms with Crippen LogP contribution >= 0.6 is 0 Å². The second kappa shape index (κ2) is 11.4. The Hall–Kier alpha value is -1.84. The number of halogens is 3. The molecule has 29 heavy (non-hydrogen) atoms. The first-order valence-corrected chi connectivity index (χ1v) is 9.87. The largest absolute Gasteiger partial charge is 0.416 e. The van der Waals surface area contributed by atoms with Crippen LogP contribution in [0.4, 0.5) is 13.2 Å². The Morgan fingerprint density at radius 2 is 1.90 bits per heavy atom. The van der Waals surface area contributed by atoms with Crippen LogP contribution < -0.4 is 10.6 Å². The lowest BCUT2D eigenvalue weighted by molar-refractivity contribution is -0.137. The van der Waals surface area contributed by atoms with E-state index in [-0.39, 0.29) is 12.1 Å². The quantitative estimate of drug-likeness (QED) is 0.504. The predicted molar refractivity (Wildman–Crippen MR) is 107 cm³/mol. The lowest BCUT2D eigenvalue weighted by atomic mass is 10.0. The molecule has 2 unspecified atom stereocenters. The molecule has 1 fully saturated rings. The van der Waals surface area contributed by atoms with Gasteiger partial charge in [0.1, 0.15) is 0 Å². The average molecular weight is 416 g/mol. The molecule has 1 saturated heterocycles. The number of methoxy groups -OCH3 is 1. The highest BCUT2D eigenvalue weighted by Crippen LogP contribution is 2.31. The van der Waals surface area contributed by atoms with Gasteiger partial charge in [-0.15, -0.1) is 0 Å². The van der Waals surface area contributed by atoms with E-state index in [0.717, 1.165) is 17.7 Å². The number of alkyl halides is 3. The molecule has 0 radical (unpaired) electrons. The van der Waals surface area contributed by atoms with Crippen molar-refractivity contribution in [1.29, 1.82) is 0 Å². The highest BCUT2D eigenvalue weighted by molar-refractivity contribution is 5.80. The van der Waals surface area contributed by atoms with E-state index in [1.54, 1.807) is 19.2 Å². The Labute approximate surface area is 170 Å². The number of benzene rings is 1. The van der Waals surface area contributed by atoms with Crippen molar-refractivity contribution in [3.8, 4) is 0 Å². The number of nitrogens with zero attached hydrogens (tertiary/aromatic N) is 2. The Kier molecular flexibility index (Phi) is 9.19. The van der Waals surface area contributed by atoms with Crippen molar-refractivity contribution in [2.75, 3.05) is 53.1 Å². The summed E-state index contributed by atoms with van der Waals surface area (Å²) in [6, 6.07) is 5.31. The van der Waals surface area contributed by atoms with Gasteiger partial charge in [0.25, 0.3) is 0 Å². The third-order valence-electron chi connectivity index (χ3n) is 4.68. The second-order valence-corrected chi connectivity index (χ2v) is 7.00. The van der Waals surface area contributed by atoms with Gasteiger partial charge < -0.3 is 20.1 Å². The zero-order valence-corrected chi connectivity index (χ0v) is 17.3. The number of morpholine rings is 1. The van der Waals surface area contributed by atoms with E-state index < -0.39 is 11.7 Å². The third-order valence-corrected chi connectivity index (χ3v) is 4.68. The van der Waals surface area contributed by atoms with Crippen molar-refractivity contribution in [3.05, 3.63) is 35.4 Å². The van der Waals surface area contributed by atoms with Gasteiger partial charge in [-0.25, -0.2) is 0 Å². The van der Waals surface area contributed by atoms with Crippen LogP contribution in [0.5, 0.6) is 0 Å². The van der Waals surface area contributed by atoms with E-state index in [1.165, 1.54) is 0 Å². The molecule has 2 rings (SSSR count). The van der Waals surface area contributed by atoms with Gasteiger partial charge in [-0.3, -0.25) is 9.89 Å². The molecule has 0 amide bonds. The van der Waals surface area contributed by atoms with Crippen molar-refractivity contribution >= 4 is 5.96 Å². The first-order chi connectivity index (χ1) is 13.8. The fraction of sp³-hybridized carbons (Fsp3) is 0.650. The van der Waals surface area contributed by atoms with Crippen molar-refractivity contribution in [1.82, 2.24) is 15.5 Å².